The number of para-hydroxylation sites is 1. The van der Waals surface area contributed by atoms with Crippen LogP contribution in [0.4, 0.5) is 18.9 Å². The number of benzene rings is 1. The molecule has 0 bridgehead atoms. The highest BCUT2D eigenvalue weighted by atomic mass is 32.2. The molecule has 0 spiro atoms. The molecule has 1 aromatic carbocycles. The molecule has 1 aliphatic heterocycles. The zero-order valence-electron chi connectivity index (χ0n) is 23.5. The second-order valence-electron chi connectivity index (χ2n) is 10.4. The van der Waals surface area contributed by atoms with Gasteiger partial charge in [0.15, 0.2) is 0 Å². The number of nitrogens with one attached hydrogen (secondary N) is 1. The van der Waals surface area contributed by atoms with Crippen LogP contribution in [0.1, 0.15) is 38.0 Å². The summed E-state index contributed by atoms with van der Waals surface area (Å²) in [6.45, 7) is 7.06. The van der Waals surface area contributed by atoms with Gasteiger partial charge in [-0.3, -0.25) is 9.21 Å². The Labute approximate surface area is 255 Å². The molecule has 4 aromatic rings. The number of halogens is 3. The van der Waals surface area contributed by atoms with Gasteiger partial charge in [-0.15, -0.1) is 22.7 Å². The minimum atomic E-state index is -5.08. The molecule has 15 heteroatoms. The van der Waals surface area contributed by atoms with Crippen LogP contribution in [0.3, 0.4) is 0 Å². The van der Waals surface area contributed by atoms with E-state index in [4.69, 9.17) is 9.90 Å². The molecule has 9 nitrogen and oxygen atoms in total. The molecule has 3 N–H and O–H groups in total. The molecule has 4 heterocycles. The van der Waals surface area contributed by atoms with Gasteiger partial charge in [0, 0.05) is 35.7 Å². The minimum Gasteiger partial charge on any atom is -0.475 e. The van der Waals surface area contributed by atoms with Crippen molar-refractivity contribution in [1.82, 2.24) is 14.9 Å². The number of thiophene rings is 1. The summed E-state index contributed by atoms with van der Waals surface area (Å²) in [6, 6.07) is 11.0. The fourth-order valence-electron chi connectivity index (χ4n) is 4.97. The summed E-state index contributed by atoms with van der Waals surface area (Å²) in [5.41, 5.74) is 2.33. The average molecular weight is 659 g/mol. The molecule has 0 aliphatic carbocycles. The van der Waals surface area contributed by atoms with Crippen LogP contribution in [0.5, 0.6) is 0 Å². The fraction of sp³-hybridized carbons (Fsp3) is 0.429. The van der Waals surface area contributed by atoms with Crippen molar-refractivity contribution < 1.29 is 36.6 Å². The van der Waals surface area contributed by atoms with Crippen molar-refractivity contribution >= 4 is 55.3 Å². The normalized spacial score (nSPS) is 15.0. The van der Waals surface area contributed by atoms with Crippen molar-refractivity contribution in [2.75, 3.05) is 24.0 Å². The van der Waals surface area contributed by atoms with E-state index < -0.39 is 22.2 Å². The molecular formula is C28H33F3N4O5S3. The van der Waals surface area contributed by atoms with E-state index in [9.17, 15) is 26.7 Å². The van der Waals surface area contributed by atoms with Gasteiger partial charge in [-0.2, -0.15) is 13.2 Å². The number of aromatic amines is 1. The molecule has 1 saturated heterocycles. The highest BCUT2D eigenvalue weighted by molar-refractivity contribution is 7.94. The maximum Gasteiger partial charge on any atom is 0.490 e. The van der Waals surface area contributed by atoms with E-state index in [-0.39, 0.29) is 12.6 Å². The lowest BCUT2D eigenvalue weighted by atomic mass is 9.94. The molecule has 234 valence electrons. The number of aromatic nitrogens is 2. The Morgan fingerprint density at radius 3 is 2.49 bits per heavy atom. The summed E-state index contributed by atoms with van der Waals surface area (Å²) in [6.07, 6.45) is 0.0488. The van der Waals surface area contributed by atoms with E-state index in [0.29, 0.717) is 15.8 Å². The Balaban J connectivity index is 0.000000541. The lowest BCUT2D eigenvalue weighted by Crippen LogP contribution is -2.36. The number of nitrogens with zero attached hydrogens (tertiary/aromatic N) is 3. The van der Waals surface area contributed by atoms with Crippen LogP contribution >= 0.6 is 22.7 Å². The molecule has 0 radical (unpaired) electrons. The highest BCUT2D eigenvalue weighted by Gasteiger charge is 2.38. The van der Waals surface area contributed by atoms with Crippen LogP contribution in [0.25, 0.3) is 21.6 Å². The predicted octanol–water partition coefficient (Wildman–Crippen LogP) is 6.18. The van der Waals surface area contributed by atoms with Crippen LogP contribution < -0.4 is 4.31 Å². The van der Waals surface area contributed by atoms with Crippen molar-refractivity contribution in [3.8, 4) is 10.7 Å². The van der Waals surface area contributed by atoms with Gasteiger partial charge in [-0.1, -0.05) is 18.2 Å². The summed E-state index contributed by atoms with van der Waals surface area (Å²) < 4.78 is 60.6. The molecule has 0 unspecified atom stereocenters. The van der Waals surface area contributed by atoms with Gasteiger partial charge in [0.2, 0.25) is 0 Å². The zero-order chi connectivity index (χ0) is 31.4. The maximum atomic E-state index is 13.5. The van der Waals surface area contributed by atoms with E-state index in [0.717, 1.165) is 60.5 Å². The van der Waals surface area contributed by atoms with E-state index in [1.807, 2.05) is 38.2 Å². The predicted molar refractivity (Wildman–Crippen MR) is 162 cm³/mol. The molecule has 0 amide bonds. The average Bonchev–Trinajstić information content (AvgIpc) is 3.71. The van der Waals surface area contributed by atoms with Gasteiger partial charge >= 0.3 is 12.1 Å². The van der Waals surface area contributed by atoms with Crippen LogP contribution in [-0.4, -0.2) is 71.4 Å². The molecule has 43 heavy (non-hydrogen) atoms. The van der Waals surface area contributed by atoms with E-state index in [2.05, 4.69) is 20.9 Å². The number of sulfonamides is 1. The second kappa shape index (κ2) is 13.8. The lowest BCUT2D eigenvalue weighted by molar-refractivity contribution is -0.192. The van der Waals surface area contributed by atoms with Gasteiger partial charge in [0.1, 0.15) is 9.22 Å². The number of aliphatic hydroxyl groups is 1. The van der Waals surface area contributed by atoms with Crippen LogP contribution in [0, 0.1) is 5.92 Å². The first-order chi connectivity index (χ1) is 20.3. The summed E-state index contributed by atoms with van der Waals surface area (Å²) >= 11 is 2.91. The first kappa shape index (κ1) is 32.9. The molecule has 0 saturated carbocycles. The standard InChI is InChI=1S/C26H32N4O3S3.C2HF3O2/c1-18(2)30(36(32,33)24-7-4-14-34-24)23-6-3-5-20-15-22(28-25(20)23)26-27-16-21(35-26)17-29-11-8-19(9-12-29)10-13-31;3-2(4,5)1(6)7/h3-7,14-16,18-19,28,31H,8-13,17H2,1-2H3;(H,6,7). The number of fused-ring (bicyclic) bond motifs is 1. The summed E-state index contributed by atoms with van der Waals surface area (Å²) in [4.78, 5) is 20.7. The van der Waals surface area contributed by atoms with Gasteiger partial charge < -0.3 is 15.2 Å². The topological polar surface area (TPSA) is 127 Å². The van der Waals surface area contributed by atoms with Crippen LogP contribution in [0.2, 0.25) is 0 Å². The lowest BCUT2D eigenvalue weighted by Gasteiger charge is -2.31. The highest BCUT2D eigenvalue weighted by Crippen LogP contribution is 2.37. The first-order valence-electron chi connectivity index (χ1n) is 13.6. The van der Waals surface area contributed by atoms with E-state index >= 15 is 0 Å². The maximum absolute atomic E-state index is 13.5. The molecular weight excluding hydrogens is 626 g/mol. The van der Waals surface area contributed by atoms with Crippen molar-refractivity contribution in [1.29, 1.82) is 0 Å². The number of hydrogen-bond acceptors (Lipinski definition) is 8. The number of piperidine rings is 1. The third-order valence-corrected chi connectivity index (χ3v) is 11.4. The molecule has 0 atom stereocenters. The Kier molecular flexibility index (Phi) is 10.5. The summed E-state index contributed by atoms with van der Waals surface area (Å²) in [5.74, 6) is -2.12. The van der Waals surface area contributed by atoms with Gasteiger partial charge in [0.25, 0.3) is 10.0 Å². The number of carboxylic acids is 1. The van der Waals surface area contributed by atoms with Crippen molar-refractivity contribution in [3.63, 3.8) is 0 Å². The number of hydrogen-bond donors (Lipinski definition) is 3. The summed E-state index contributed by atoms with van der Waals surface area (Å²) in [7, 11) is -3.68. The van der Waals surface area contributed by atoms with Crippen molar-refractivity contribution in [3.05, 3.63) is 52.9 Å². The Bertz CT molecular complexity index is 1610. The van der Waals surface area contributed by atoms with Crippen molar-refractivity contribution in [2.24, 2.45) is 5.92 Å². The number of alkyl halides is 3. The van der Waals surface area contributed by atoms with Gasteiger partial charge in [-0.05, 0) is 75.7 Å². The van der Waals surface area contributed by atoms with Crippen LogP contribution in [-0.2, 0) is 21.4 Å². The molecule has 1 fully saturated rings. The summed E-state index contributed by atoms with van der Waals surface area (Å²) in [5, 5.41) is 20.0. The monoisotopic (exact) mass is 658 g/mol. The third-order valence-electron chi connectivity index (χ3n) is 7.00. The zero-order valence-corrected chi connectivity index (χ0v) is 26.0. The fourth-order valence-corrected chi connectivity index (χ4v) is 8.65. The largest absolute Gasteiger partial charge is 0.490 e. The molecule has 1 aliphatic rings. The SMILES string of the molecule is CC(C)N(c1cccc2cc(-c3ncc(CN4CCC(CCO)CC4)s3)[nH]c12)S(=O)(=O)c1cccs1.O=C(O)C(F)(F)F. The number of carboxylic acid groups (broad SMARTS) is 1. The number of thiazole rings is 1. The van der Waals surface area contributed by atoms with Crippen molar-refractivity contribution in [2.45, 2.75) is 56.1 Å². The number of aliphatic hydroxyl groups excluding tert-OH is 1. The number of carbonyl (C=O) groups is 1. The smallest absolute Gasteiger partial charge is 0.475 e. The first-order valence-corrected chi connectivity index (χ1v) is 16.7. The van der Waals surface area contributed by atoms with Gasteiger partial charge in [0.05, 0.1) is 16.9 Å². The number of H-pyrrole nitrogens is 1. The molecule has 5 rings (SSSR count). The van der Waals surface area contributed by atoms with Gasteiger partial charge in [-0.25, -0.2) is 18.2 Å². The Hall–Kier alpha value is -2.98. The van der Waals surface area contributed by atoms with E-state index in [1.54, 1.807) is 28.8 Å². The number of likely N-dealkylation sites (tertiary alicyclic amines) is 1. The number of anilines is 1. The molecule has 3 aromatic heterocycles. The Morgan fingerprint density at radius 1 is 1.21 bits per heavy atom. The minimum absolute atomic E-state index is 0.248. The second-order valence-corrected chi connectivity index (χ2v) is 14.5. The Morgan fingerprint density at radius 2 is 1.91 bits per heavy atom. The van der Waals surface area contributed by atoms with E-state index in [1.165, 1.54) is 20.5 Å². The third kappa shape index (κ3) is 7.95. The van der Waals surface area contributed by atoms with Crippen LogP contribution in [0.15, 0.2) is 52.2 Å². The number of aliphatic carboxylic acids is 1. The quantitative estimate of drug-likeness (QED) is 0.196. The number of rotatable bonds is 9.